The zero-order valence-electron chi connectivity index (χ0n) is 16.9. The van der Waals surface area contributed by atoms with Gasteiger partial charge in [0.1, 0.15) is 0 Å². The summed E-state index contributed by atoms with van der Waals surface area (Å²) in [4.78, 5) is 25.7. The Hall–Kier alpha value is -3.25. The molecule has 0 spiro atoms. The Labute approximate surface area is 176 Å². The highest BCUT2D eigenvalue weighted by atomic mass is 32.2. The molecule has 1 N–H and O–H groups in total. The molecule has 3 rings (SSSR count). The standard InChI is InChI=1S/C24H23NO4S/c1-3-30(28,29)20-12-10-18(11-13-20)16-23(26)25-22-14-9-17(2)15-21(22)24(27)19-7-5-4-6-8-19/h4-15H,3,16H2,1-2H3,(H,25,26). The van der Waals surface area contributed by atoms with Gasteiger partial charge >= 0.3 is 0 Å². The topological polar surface area (TPSA) is 80.3 Å². The molecule has 0 saturated heterocycles. The van der Waals surface area contributed by atoms with E-state index < -0.39 is 9.84 Å². The average Bonchev–Trinajstić information content (AvgIpc) is 2.75. The fourth-order valence-electron chi connectivity index (χ4n) is 3.06. The summed E-state index contributed by atoms with van der Waals surface area (Å²) in [5.41, 5.74) is 3.03. The Bertz CT molecular complexity index is 1170. The first kappa shape index (κ1) is 21.5. The zero-order valence-corrected chi connectivity index (χ0v) is 17.7. The molecule has 1 amide bonds. The normalized spacial score (nSPS) is 11.1. The van der Waals surface area contributed by atoms with Crippen LogP contribution < -0.4 is 5.32 Å². The van der Waals surface area contributed by atoms with Crippen LogP contribution in [0.25, 0.3) is 0 Å². The zero-order chi connectivity index (χ0) is 21.7. The van der Waals surface area contributed by atoms with E-state index in [9.17, 15) is 18.0 Å². The van der Waals surface area contributed by atoms with E-state index in [0.29, 0.717) is 22.4 Å². The number of benzene rings is 3. The molecule has 0 aliphatic heterocycles. The lowest BCUT2D eigenvalue weighted by Crippen LogP contribution is -2.17. The number of anilines is 1. The number of ketones is 1. The molecule has 0 fully saturated rings. The van der Waals surface area contributed by atoms with Crippen molar-refractivity contribution in [1.82, 2.24) is 0 Å². The van der Waals surface area contributed by atoms with Crippen molar-refractivity contribution in [2.24, 2.45) is 0 Å². The van der Waals surface area contributed by atoms with Gasteiger partial charge in [-0.25, -0.2) is 8.42 Å². The van der Waals surface area contributed by atoms with Gasteiger partial charge in [0.15, 0.2) is 15.6 Å². The highest BCUT2D eigenvalue weighted by molar-refractivity contribution is 7.91. The highest BCUT2D eigenvalue weighted by Gasteiger charge is 2.16. The minimum absolute atomic E-state index is 0.0263. The van der Waals surface area contributed by atoms with Crippen molar-refractivity contribution >= 4 is 27.2 Å². The Morgan fingerprint density at radius 1 is 0.900 bits per heavy atom. The van der Waals surface area contributed by atoms with E-state index in [1.165, 1.54) is 12.1 Å². The van der Waals surface area contributed by atoms with Crippen molar-refractivity contribution in [3.8, 4) is 0 Å². The number of rotatable bonds is 7. The highest BCUT2D eigenvalue weighted by Crippen LogP contribution is 2.22. The van der Waals surface area contributed by atoms with Crippen molar-refractivity contribution in [2.75, 3.05) is 11.1 Å². The van der Waals surface area contributed by atoms with Gasteiger partial charge in [-0.1, -0.05) is 61.0 Å². The second kappa shape index (κ2) is 9.05. The van der Waals surface area contributed by atoms with Crippen molar-refractivity contribution < 1.29 is 18.0 Å². The third-order valence-electron chi connectivity index (χ3n) is 4.76. The summed E-state index contributed by atoms with van der Waals surface area (Å²) in [6.45, 7) is 3.48. The number of amides is 1. The van der Waals surface area contributed by atoms with Gasteiger partial charge in [-0.3, -0.25) is 9.59 Å². The molecule has 0 atom stereocenters. The summed E-state index contributed by atoms with van der Waals surface area (Å²) < 4.78 is 23.8. The maximum absolute atomic E-state index is 12.9. The van der Waals surface area contributed by atoms with Gasteiger partial charge in [0.25, 0.3) is 0 Å². The first-order valence-electron chi connectivity index (χ1n) is 9.62. The van der Waals surface area contributed by atoms with E-state index in [1.54, 1.807) is 55.5 Å². The third-order valence-corrected chi connectivity index (χ3v) is 6.51. The second-order valence-electron chi connectivity index (χ2n) is 7.02. The van der Waals surface area contributed by atoms with Crippen LogP contribution in [0.1, 0.15) is 34.0 Å². The minimum atomic E-state index is -3.28. The maximum Gasteiger partial charge on any atom is 0.228 e. The van der Waals surface area contributed by atoms with Crippen LogP contribution in [0.15, 0.2) is 77.7 Å². The summed E-state index contributed by atoms with van der Waals surface area (Å²) in [5.74, 6) is -0.422. The van der Waals surface area contributed by atoms with Crippen LogP contribution in [0.4, 0.5) is 5.69 Å². The number of hydrogen-bond donors (Lipinski definition) is 1. The number of nitrogens with one attached hydrogen (secondary N) is 1. The van der Waals surface area contributed by atoms with E-state index in [4.69, 9.17) is 0 Å². The molecule has 5 nitrogen and oxygen atoms in total. The Morgan fingerprint density at radius 3 is 2.20 bits per heavy atom. The molecule has 6 heteroatoms. The molecule has 0 aliphatic rings. The van der Waals surface area contributed by atoms with Crippen LogP contribution in [0.3, 0.4) is 0 Å². The molecule has 0 heterocycles. The molecule has 0 bridgehead atoms. The van der Waals surface area contributed by atoms with Gasteiger partial charge in [0.2, 0.25) is 5.91 Å². The molecule has 3 aromatic carbocycles. The predicted molar refractivity (Wildman–Crippen MR) is 118 cm³/mol. The molecule has 0 aromatic heterocycles. The molecule has 0 radical (unpaired) electrons. The van der Waals surface area contributed by atoms with Gasteiger partial charge < -0.3 is 5.32 Å². The lowest BCUT2D eigenvalue weighted by Gasteiger charge is -2.12. The van der Waals surface area contributed by atoms with Gasteiger partial charge in [-0.05, 0) is 36.8 Å². The molecule has 30 heavy (non-hydrogen) atoms. The van der Waals surface area contributed by atoms with Crippen LogP contribution in [-0.2, 0) is 21.1 Å². The number of aryl methyl sites for hydroxylation is 1. The van der Waals surface area contributed by atoms with Gasteiger partial charge in [-0.2, -0.15) is 0 Å². The summed E-state index contributed by atoms with van der Waals surface area (Å²) >= 11 is 0. The SMILES string of the molecule is CCS(=O)(=O)c1ccc(CC(=O)Nc2ccc(C)cc2C(=O)c2ccccc2)cc1. The largest absolute Gasteiger partial charge is 0.325 e. The lowest BCUT2D eigenvalue weighted by atomic mass is 9.99. The first-order valence-corrected chi connectivity index (χ1v) is 11.3. The van der Waals surface area contributed by atoms with E-state index in [1.807, 2.05) is 19.1 Å². The smallest absolute Gasteiger partial charge is 0.228 e. The molecule has 0 aliphatic carbocycles. The molecule has 154 valence electrons. The predicted octanol–water partition coefficient (Wildman–Crippen LogP) is 4.20. The Kier molecular flexibility index (Phi) is 6.47. The quantitative estimate of drug-likeness (QED) is 0.580. The second-order valence-corrected chi connectivity index (χ2v) is 9.29. The van der Waals surface area contributed by atoms with Gasteiger partial charge in [-0.15, -0.1) is 0 Å². The van der Waals surface area contributed by atoms with Crippen LogP contribution in [0.5, 0.6) is 0 Å². The fourth-order valence-corrected chi connectivity index (χ4v) is 3.95. The molecule has 0 unspecified atom stereocenters. The molecular weight excluding hydrogens is 398 g/mol. The summed E-state index contributed by atoms with van der Waals surface area (Å²) in [6, 6.07) is 20.5. The van der Waals surface area contributed by atoms with Crippen molar-refractivity contribution in [1.29, 1.82) is 0 Å². The summed E-state index contributed by atoms with van der Waals surface area (Å²) in [6.07, 6.45) is 0.0687. The third kappa shape index (κ3) is 5.02. The van der Waals surface area contributed by atoms with Crippen LogP contribution >= 0.6 is 0 Å². The molecule has 0 saturated carbocycles. The Balaban J connectivity index is 1.78. The van der Waals surface area contributed by atoms with E-state index in [-0.39, 0.29) is 28.8 Å². The van der Waals surface area contributed by atoms with E-state index >= 15 is 0 Å². The van der Waals surface area contributed by atoms with E-state index in [2.05, 4.69) is 5.32 Å². The minimum Gasteiger partial charge on any atom is -0.325 e. The van der Waals surface area contributed by atoms with Crippen LogP contribution in [0.2, 0.25) is 0 Å². The number of hydrogen-bond acceptors (Lipinski definition) is 4. The first-order chi connectivity index (χ1) is 14.3. The fraction of sp³-hybridized carbons (Fsp3) is 0.167. The van der Waals surface area contributed by atoms with Crippen molar-refractivity contribution in [3.05, 3.63) is 95.1 Å². The van der Waals surface area contributed by atoms with Crippen LogP contribution in [0, 0.1) is 6.92 Å². The number of sulfone groups is 1. The maximum atomic E-state index is 12.9. The summed E-state index contributed by atoms with van der Waals surface area (Å²) in [5, 5.41) is 2.81. The summed E-state index contributed by atoms with van der Waals surface area (Å²) in [7, 11) is -3.28. The number of carbonyl (C=O) groups excluding carboxylic acids is 2. The van der Waals surface area contributed by atoms with Crippen molar-refractivity contribution in [3.63, 3.8) is 0 Å². The number of carbonyl (C=O) groups is 2. The van der Waals surface area contributed by atoms with Gasteiger partial charge in [0, 0.05) is 11.1 Å². The molecular formula is C24H23NO4S. The average molecular weight is 422 g/mol. The van der Waals surface area contributed by atoms with Crippen molar-refractivity contribution in [2.45, 2.75) is 25.2 Å². The van der Waals surface area contributed by atoms with E-state index in [0.717, 1.165) is 5.56 Å². The van der Waals surface area contributed by atoms with Gasteiger partial charge in [0.05, 0.1) is 22.8 Å². The van der Waals surface area contributed by atoms with Crippen LogP contribution in [-0.4, -0.2) is 25.9 Å². The molecule has 3 aromatic rings. The lowest BCUT2D eigenvalue weighted by molar-refractivity contribution is -0.115. The monoisotopic (exact) mass is 421 g/mol. The Morgan fingerprint density at radius 2 is 1.57 bits per heavy atom.